The van der Waals surface area contributed by atoms with Crippen LogP contribution >= 0.6 is 11.9 Å². The molecule has 1 amide bonds. The molecule has 6 heteroatoms. The summed E-state index contributed by atoms with van der Waals surface area (Å²) in [6, 6.07) is 16.7. The lowest BCUT2D eigenvalue weighted by Gasteiger charge is -2.29. The lowest BCUT2D eigenvalue weighted by atomic mass is 10.1. The molecule has 0 aliphatic carbocycles. The molecule has 1 aliphatic heterocycles. The van der Waals surface area contributed by atoms with E-state index >= 15 is 0 Å². The minimum Gasteiger partial charge on any atom is -0.494 e. The van der Waals surface area contributed by atoms with Crippen molar-refractivity contribution in [3.63, 3.8) is 0 Å². The Morgan fingerprint density at radius 2 is 1.88 bits per heavy atom. The van der Waals surface area contributed by atoms with Crippen LogP contribution in [0.4, 0.5) is 0 Å². The first kappa shape index (κ1) is 18.1. The number of rotatable bonds is 6. The molecule has 3 rings (SSSR count). The van der Waals surface area contributed by atoms with Crippen LogP contribution in [0, 0.1) is 0 Å². The SMILES string of the molecule is COC1=C(C(=O)N[C@H](C=O)Cc2ccccc2)N(C)Sc2ccccc21. The molecule has 0 aromatic heterocycles. The highest BCUT2D eigenvalue weighted by atomic mass is 32.2. The van der Waals surface area contributed by atoms with Crippen molar-refractivity contribution in [3.05, 3.63) is 71.4 Å². The van der Waals surface area contributed by atoms with Gasteiger partial charge in [-0.3, -0.25) is 4.79 Å². The fourth-order valence-corrected chi connectivity index (χ4v) is 3.84. The molecule has 1 N–H and O–H groups in total. The molecular weight excluding hydrogens is 348 g/mol. The van der Waals surface area contributed by atoms with E-state index in [0.29, 0.717) is 17.9 Å². The molecule has 5 nitrogen and oxygen atoms in total. The van der Waals surface area contributed by atoms with Crippen molar-refractivity contribution in [1.82, 2.24) is 9.62 Å². The second-order valence-electron chi connectivity index (χ2n) is 5.87. The summed E-state index contributed by atoms with van der Waals surface area (Å²) in [7, 11) is 3.35. The number of hydrogen-bond donors (Lipinski definition) is 1. The van der Waals surface area contributed by atoms with Crippen LogP contribution in [-0.4, -0.2) is 36.7 Å². The third-order valence-corrected chi connectivity index (χ3v) is 5.10. The number of carbonyl (C=O) groups excluding carboxylic acids is 2. The maximum Gasteiger partial charge on any atom is 0.272 e. The highest BCUT2D eigenvalue weighted by Crippen LogP contribution is 2.39. The summed E-state index contributed by atoms with van der Waals surface area (Å²) >= 11 is 1.45. The number of hydrogen-bond acceptors (Lipinski definition) is 5. The zero-order valence-corrected chi connectivity index (χ0v) is 15.5. The lowest BCUT2D eigenvalue weighted by molar-refractivity contribution is -0.121. The minimum absolute atomic E-state index is 0.334. The van der Waals surface area contributed by atoms with E-state index in [1.807, 2.05) is 61.6 Å². The molecule has 134 valence electrons. The summed E-state index contributed by atoms with van der Waals surface area (Å²) in [6.07, 6.45) is 1.21. The van der Waals surface area contributed by atoms with E-state index in [1.54, 1.807) is 11.4 Å². The fourth-order valence-electron chi connectivity index (χ4n) is 2.89. The van der Waals surface area contributed by atoms with Crippen molar-refractivity contribution < 1.29 is 14.3 Å². The van der Waals surface area contributed by atoms with Crippen molar-refractivity contribution in [2.75, 3.05) is 14.2 Å². The summed E-state index contributed by atoms with van der Waals surface area (Å²) in [4.78, 5) is 25.4. The molecule has 0 spiro atoms. The van der Waals surface area contributed by atoms with Crippen molar-refractivity contribution in [2.24, 2.45) is 0 Å². The molecule has 1 aliphatic rings. The Labute approximate surface area is 157 Å². The van der Waals surface area contributed by atoms with Gasteiger partial charge in [0.2, 0.25) is 0 Å². The van der Waals surface area contributed by atoms with Crippen LogP contribution in [0.3, 0.4) is 0 Å². The Bertz CT molecular complexity index is 836. The van der Waals surface area contributed by atoms with Crippen LogP contribution in [0.5, 0.6) is 0 Å². The van der Waals surface area contributed by atoms with E-state index in [2.05, 4.69) is 5.32 Å². The van der Waals surface area contributed by atoms with Crippen molar-refractivity contribution >= 4 is 29.9 Å². The van der Waals surface area contributed by atoms with Gasteiger partial charge in [-0.1, -0.05) is 42.5 Å². The second-order valence-corrected chi connectivity index (χ2v) is 7.04. The summed E-state index contributed by atoms with van der Waals surface area (Å²) in [5.41, 5.74) is 2.26. The fraction of sp³-hybridized carbons (Fsp3) is 0.200. The Hall–Kier alpha value is -2.73. The number of aldehydes is 1. The molecule has 0 unspecified atom stereocenters. The molecule has 1 heterocycles. The van der Waals surface area contributed by atoms with Crippen molar-refractivity contribution in [3.8, 4) is 0 Å². The Balaban J connectivity index is 1.85. The van der Waals surface area contributed by atoms with Crippen LogP contribution in [0.1, 0.15) is 11.1 Å². The maximum absolute atomic E-state index is 12.9. The minimum atomic E-state index is -0.605. The van der Waals surface area contributed by atoms with Crippen LogP contribution in [0.2, 0.25) is 0 Å². The first-order valence-electron chi connectivity index (χ1n) is 8.23. The second kappa shape index (κ2) is 8.10. The van der Waals surface area contributed by atoms with Crippen molar-refractivity contribution in [1.29, 1.82) is 0 Å². The van der Waals surface area contributed by atoms with Gasteiger partial charge in [-0.05, 0) is 36.1 Å². The van der Waals surface area contributed by atoms with E-state index in [1.165, 1.54) is 11.9 Å². The Kier molecular flexibility index (Phi) is 5.63. The number of fused-ring (bicyclic) bond motifs is 1. The Morgan fingerprint density at radius 3 is 2.58 bits per heavy atom. The molecule has 2 aromatic carbocycles. The molecule has 1 atom stereocenters. The van der Waals surface area contributed by atoms with Crippen molar-refractivity contribution in [2.45, 2.75) is 17.4 Å². The van der Waals surface area contributed by atoms with Gasteiger partial charge >= 0.3 is 0 Å². The van der Waals surface area contributed by atoms with Crippen LogP contribution in [0.15, 0.2) is 65.2 Å². The quantitative estimate of drug-likeness (QED) is 0.628. The predicted molar refractivity (Wildman–Crippen MR) is 102 cm³/mol. The molecule has 0 saturated heterocycles. The van der Waals surface area contributed by atoms with E-state index in [4.69, 9.17) is 4.74 Å². The summed E-state index contributed by atoms with van der Waals surface area (Å²) in [5.74, 6) is 0.170. The van der Waals surface area contributed by atoms with Gasteiger partial charge in [-0.15, -0.1) is 0 Å². The summed E-state index contributed by atoms with van der Waals surface area (Å²) in [6.45, 7) is 0. The number of nitrogens with one attached hydrogen (secondary N) is 1. The number of nitrogens with zero attached hydrogens (tertiary/aromatic N) is 1. The van der Waals surface area contributed by atoms with E-state index in [-0.39, 0.29) is 5.91 Å². The first-order valence-corrected chi connectivity index (χ1v) is 9.00. The van der Waals surface area contributed by atoms with Crippen LogP contribution in [-0.2, 0) is 20.7 Å². The third kappa shape index (κ3) is 3.75. The van der Waals surface area contributed by atoms with Gasteiger partial charge in [0.05, 0.1) is 13.2 Å². The maximum atomic E-state index is 12.9. The highest BCUT2D eigenvalue weighted by molar-refractivity contribution is 7.97. The molecule has 0 fully saturated rings. The normalized spacial score (nSPS) is 14.5. The van der Waals surface area contributed by atoms with Crippen LogP contribution in [0.25, 0.3) is 5.76 Å². The van der Waals surface area contributed by atoms with Crippen LogP contribution < -0.4 is 5.32 Å². The van der Waals surface area contributed by atoms with Gasteiger partial charge < -0.3 is 19.2 Å². The van der Waals surface area contributed by atoms with Gasteiger partial charge in [0.15, 0.2) is 11.5 Å². The highest BCUT2D eigenvalue weighted by Gasteiger charge is 2.30. The first-order chi connectivity index (χ1) is 12.6. The zero-order valence-electron chi connectivity index (χ0n) is 14.6. The lowest BCUT2D eigenvalue weighted by Crippen LogP contribution is -2.41. The van der Waals surface area contributed by atoms with E-state index in [0.717, 1.165) is 22.3 Å². The molecule has 0 saturated carbocycles. The molecular formula is C20H20N2O3S. The van der Waals surface area contributed by atoms with Gasteiger partial charge in [0, 0.05) is 17.5 Å². The number of likely N-dealkylation sites (N-methyl/N-ethyl adjacent to an activating group) is 1. The Morgan fingerprint density at radius 1 is 1.19 bits per heavy atom. The molecule has 0 bridgehead atoms. The predicted octanol–water partition coefficient (Wildman–Crippen LogP) is 2.88. The monoisotopic (exact) mass is 368 g/mol. The largest absolute Gasteiger partial charge is 0.494 e. The molecule has 26 heavy (non-hydrogen) atoms. The molecule has 2 aromatic rings. The van der Waals surface area contributed by atoms with E-state index in [9.17, 15) is 9.59 Å². The average Bonchev–Trinajstić information content (AvgIpc) is 2.66. The molecule has 0 radical (unpaired) electrons. The topological polar surface area (TPSA) is 58.6 Å². The van der Waals surface area contributed by atoms with Gasteiger partial charge in [0.25, 0.3) is 5.91 Å². The standard InChI is InChI=1S/C20H20N2O3S/c1-22-18(19(25-2)16-10-6-7-11-17(16)26-22)20(24)21-15(13-23)12-14-8-4-3-5-9-14/h3-11,13,15H,12H2,1-2H3,(H,21,24)/t15-/m0/s1. The number of amides is 1. The summed E-state index contributed by atoms with van der Waals surface area (Å²) in [5, 5.41) is 2.81. The van der Waals surface area contributed by atoms with Gasteiger partial charge in [0.1, 0.15) is 6.29 Å². The summed E-state index contributed by atoms with van der Waals surface area (Å²) < 4.78 is 7.30. The number of benzene rings is 2. The van der Waals surface area contributed by atoms with Gasteiger partial charge in [-0.25, -0.2) is 0 Å². The van der Waals surface area contributed by atoms with E-state index < -0.39 is 6.04 Å². The third-order valence-electron chi connectivity index (χ3n) is 4.10. The van der Waals surface area contributed by atoms with Gasteiger partial charge in [-0.2, -0.15) is 0 Å². The number of carbonyl (C=O) groups is 2. The number of ether oxygens (including phenoxy) is 1. The average molecular weight is 368 g/mol. The number of methoxy groups -OCH3 is 1. The zero-order chi connectivity index (χ0) is 18.5. The smallest absolute Gasteiger partial charge is 0.272 e.